The van der Waals surface area contributed by atoms with Crippen molar-refractivity contribution in [3.05, 3.63) is 12.3 Å². The van der Waals surface area contributed by atoms with Gasteiger partial charge in [0, 0.05) is 20.4 Å². The van der Waals surface area contributed by atoms with Gasteiger partial charge in [-0.25, -0.2) is 4.98 Å². The number of ether oxygens (including phenoxy) is 2. The third-order valence-electron chi connectivity index (χ3n) is 1.73. The largest absolute Gasteiger partial charge is 0.375 e. The zero-order chi connectivity index (χ0) is 13.4. The Morgan fingerprint density at radius 3 is 2.39 bits per heavy atom. The summed E-state index contributed by atoms with van der Waals surface area (Å²) in [4.78, 5) is 30.2. The van der Waals surface area contributed by atoms with E-state index in [-0.39, 0.29) is 36.8 Å². The van der Waals surface area contributed by atoms with Crippen LogP contribution < -0.4 is 10.6 Å². The van der Waals surface area contributed by atoms with Gasteiger partial charge in [-0.3, -0.25) is 14.9 Å². The number of methoxy groups -OCH3 is 2. The van der Waals surface area contributed by atoms with E-state index in [2.05, 4.69) is 30.1 Å². The maximum atomic E-state index is 11.2. The van der Waals surface area contributed by atoms with Crippen LogP contribution >= 0.6 is 0 Å². The molecule has 8 heteroatoms. The van der Waals surface area contributed by atoms with Gasteiger partial charge in [-0.05, 0) is 6.07 Å². The van der Waals surface area contributed by atoms with Gasteiger partial charge in [0.2, 0.25) is 5.95 Å². The van der Waals surface area contributed by atoms with Crippen molar-refractivity contribution in [3.8, 4) is 0 Å². The van der Waals surface area contributed by atoms with E-state index in [4.69, 9.17) is 0 Å². The quantitative estimate of drug-likeness (QED) is 0.719. The number of carbonyl (C=O) groups excluding carboxylic acids is 2. The Hall–Kier alpha value is -2.06. The van der Waals surface area contributed by atoms with Gasteiger partial charge < -0.3 is 14.8 Å². The molecule has 0 saturated carbocycles. The Morgan fingerprint density at radius 1 is 1.17 bits per heavy atom. The second-order valence-electron chi connectivity index (χ2n) is 3.23. The first-order chi connectivity index (χ1) is 8.65. The van der Waals surface area contributed by atoms with Crippen LogP contribution in [-0.2, 0) is 19.1 Å². The fourth-order valence-electron chi connectivity index (χ4n) is 1.09. The molecule has 0 aliphatic carbocycles. The Bertz CT molecular complexity index is 389. The molecule has 0 bridgehead atoms. The minimum absolute atomic E-state index is 0.0740. The molecule has 0 aliphatic rings. The Kier molecular flexibility index (Phi) is 5.68. The predicted octanol–water partition coefficient (Wildman–Crippen LogP) is -0.354. The SMILES string of the molecule is COCC(=O)Nc1ccnc(NC(=O)COC)n1. The molecular weight excluding hydrogens is 240 g/mol. The molecule has 1 aromatic heterocycles. The molecule has 2 amide bonds. The first-order valence-electron chi connectivity index (χ1n) is 5.06. The summed E-state index contributed by atoms with van der Waals surface area (Å²) in [5, 5.41) is 4.91. The van der Waals surface area contributed by atoms with Gasteiger partial charge in [-0.1, -0.05) is 0 Å². The monoisotopic (exact) mass is 254 g/mol. The normalized spacial score (nSPS) is 9.89. The highest BCUT2D eigenvalue weighted by Gasteiger charge is 2.06. The maximum Gasteiger partial charge on any atom is 0.252 e. The zero-order valence-electron chi connectivity index (χ0n) is 10.1. The summed E-state index contributed by atoms with van der Waals surface area (Å²) in [5.74, 6) is -0.352. The number of hydrogen-bond donors (Lipinski definition) is 2. The van der Waals surface area contributed by atoms with E-state index in [9.17, 15) is 9.59 Å². The number of carbonyl (C=O) groups is 2. The molecule has 0 unspecified atom stereocenters. The van der Waals surface area contributed by atoms with Crippen molar-refractivity contribution in [3.63, 3.8) is 0 Å². The van der Waals surface area contributed by atoms with Crippen LogP contribution in [0.4, 0.5) is 11.8 Å². The number of nitrogens with one attached hydrogen (secondary N) is 2. The number of rotatable bonds is 6. The molecule has 1 aromatic rings. The van der Waals surface area contributed by atoms with Crippen LogP contribution in [0.1, 0.15) is 0 Å². The van der Waals surface area contributed by atoms with Gasteiger partial charge in [-0.2, -0.15) is 4.98 Å². The van der Waals surface area contributed by atoms with Crippen LogP contribution in [-0.4, -0.2) is 49.2 Å². The van der Waals surface area contributed by atoms with Gasteiger partial charge >= 0.3 is 0 Å². The van der Waals surface area contributed by atoms with Crippen molar-refractivity contribution < 1.29 is 19.1 Å². The second kappa shape index (κ2) is 7.30. The van der Waals surface area contributed by atoms with E-state index in [1.807, 2.05) is 0 Å². The predicted molar refractivity (Wildman–Crippen MR) is 63.0 cm³/mol. The lowest BCUT2D eigenvalue weighted by Crippen LogP contribution is -2.21. The summed E-state index contributed by atoms with van der Waals surface area (Å²) in [7, 11) is 2.82. The Labute approximate surface area is 104 Å². The number of amides is 2. The van der Waals surface area contributed by atoms with Crippen molar-refractivity contribution in [1.29, 1.82) is 0 Å². The van der Waals surface area contributed by atoms with Gasteiger partial charge in [-0.15, -0.1) is 0 Å². The summed E-state index contributed by atoms with van der Waals surface area (Å²) in [6.45, 7) is -0.168. The number of nitrogens with zero attached hydrogens (tertiary/aromatic N) is 2. The van der Waals surface area contributed by atoms with Crippen LogP contribution in [0.25, 0.3) is 0 Å². The minimum atomic E-state index is -0.377. The summed E-state index contributed by atoms with van der Waals surface area (Å²) in [6, 6.07) is 1.50. The molecule has 0 fully saturated rings. The standard InChI is InChI=1S/C10H14N4O4/c1-17-5-8(15)12-7-3-4-11-10(13-7)14-9(16)6-18-2/h3-4H,5-6H2,1-2H3,(H2,11,12,13,14,15,16). The topological polar surface area (TPSA) is 102 Å². The van der Waals surface area contributed by atoms with E-state index in [0.717, 1.165) is 0 Å². The zero-order valence-corrected chi connectivity index (χ0v) is 10.1. The van der Waals surface area contributed by atoms with E-state index in [0.29, 0.717) is 0 Å². The molecule has 0 aliphatic heterocycles. The van der Waals surface area contributed by atoms with Crippen LogP contribution in [0, 0.1) is 0 Å². The molecular formula is C10H14N4O4. The third kappa shape index (κ3) is 4.85. The summed E-state index contributed by atoms with van der Waals surface area (Å²) < 4.78 is 9.31. The highest BCUT2D eigenvalue weighted by atomic mass is 16.5. The Morgan fingerprint density at radius 2 is 1.78 bits per heavy atom. The molecule has 8 nitrogen and oxygen atoms in total. The average molecular weight is 254 g/mol. The smallest absolute Gasteiger partial charge is 0.252 e. The molecule has 0 saturated heterocycles. The van der Waals surface area contributed by atoms with Gasteiger partial charge in [0.1, 0.15) is 19.0 Å². The van der Waals surface area contributed by atoms with Crippen molar-refractivity contribution in [1.82, 2.24) is 9.97 Å². The molecule has 1 rings (SSSR count). The first kappa shape index (κ1) is 14.0. The first-order valence-corrected chi connectivity index (χ1v) is 5.06. The highest BCUT2D eigenvalue weighted by Crippen LogP contribution is 2.05. The van der Waals surface area contributed by atoms with Crippen molar-refractivity contribution in [2.75, 3.05) is 38.1 Å². The number of anilines is 2. The van der Waals surface area contributed by atoms with Gasteiger partial charge in [0.25, 0.3) is 11.8 Å². The van der Waals surface area contributed by atoms with Gasteiger partial charge in [0.05, 0.1) is 0 Å². The van der Waals surface area contributed by atoms with Gasteiger partial charge in [0.15, 0.2) is 0 Å². The fraction of sp³-hybridized carbons (Fsp3) is 0.400. The molecule has 0 radical (unpaired) electrons. The van der Waals surface area contributed by atoms with E-state index >= 15 is 0 Å². The molecule has 1 heterocycles. The van der Waals surface area contributed by atoms with Crippen LogP contribution in [0.15, 0.2) is 12.3 Å². The molecule has 2 N–H and O–H groups in total. The van der Waals surface area contributed by atoms with Crippen LogP contribution in [0.2, 0.25) is 0 Å². The molecule has 0 aromatic carbocycles. The minimum Gasteiger partial charge on any atom is -0.375 e. The molecule has 0 spiro atoms. The third-order valence-corrected chi connectivity index (χ3v) is 1.73. The number of aromatic nitrogens is 2. The van der Waals surface area contributed by atoms with Crippen LogP contribution in [0.3, 0.4) is 0 Å². The molecule has 0 atom stereocenters. The van der Waals surface area contributed by atoms with E-state index in [1.54, 1.807) is 0 Å². The molecule has 18 heavy (non-hydrogen) atoms. The summed E-state index contributed by atoms with van der Waals surface area (Å²) in [6.07, 6.45) is 1.41. The van der Waals surface area contributed by atoms with Crippen LogP contribution in [0.5, 0.6) is 0 Å². The summed E-state index contributed by atoms with van der Waals surface area (Å²) >= 11 is 0. The highest BCUT2D eigenvalue weighted by molar-refractivity contribution is 5.92. The van der Waals surface area contributed by atoms with E-state index in [1.165, 1.54) is 26.5 Å². The second-order valence-corrected chi connectivity index (χ2v) is 3.23. The Balaban J connectivity index is 2.61. The van der Waals surface area contributed by atoms with Crippen molar-refractivity contribution >= 4 is 23.6 Å². The average Bonchev–Trinajstić information content (AvgIpc) is 2.29. The number of hydrogen-bond acceptors (Lipinski definition) is 6. The fourth-order valence-corrected chi connectivity index (χ4v) is 1.09. The lowest BCUT2D eigenvalue weighted by molar-refractivity contribution is -0.120. The maximum absolute atomic E-state index is 11.2. The molecule has 98 valence electrons. The van der Waals surface area contributed by atoms with E-state index < -0.39 is 0 Å². The lowest BCUT2D eigenvalue weighted by Gasteiger charge is -2.06. The lowest BCUT2D eigenvalue weighted by atomic mass is 10.5. The van der Waals surface area contributed by atoms with Crippen molar-refractivity contribution in [2.24, 2.45) is 0 Å². The summed E-state index contributed by atoms with van der Waals surface area (Å²) in [5.41, 5.74) is 0. The van der Waals surface area contributed by atoms with Crippen molar-refractivity contribution in [2.45, 2.75) is 0 Å².